The Labute approximate surface area is 184 Å². The van der Waals surface area contributed by atoms with Gasteiger partial charge in [0.15, 0.2) is 5.96 Å². The van der Waals surface area contributed by atoms with Crippen LogP contribution in [0.2, 0.25) is 0 Å². The van der Waals surface area contributed by atoms with Crippen molar-refractivity contribution in [2.45, 2.75) is 58.5 Å². The van der Waals surface area contributed by atoms with Crippen LogP contribution in [0, 0.1) is 6.92 Å². The van der Waals surface area contributed by atoms with Crippen LogP contribution in [0.4, 0.5) is 5.69 Å². The number of fused-ring (bicyclic) bond motifs is 1. The van der Waals surface area contributed by atoms with E-state index in [1.165, 1.54) is 30.4 Å². The van der Waals surface area contributed by atoms with Crippen LogP contribution >= 0.6 is 0 Å². The fourth-order valence-electron chi connectivity index (χ4n) is 3.85. The molecule has 2 aromatic carbocycles. The summed E-state index contributed by atoms with van der Waals surface area (Å²) in [6.45, 7) is 4.63. The Kier molecular flexibility index (Phi) is 7.32. The molecule has 0 spiro atoms. The molecule has 1 aliphatic rings. The molecule has 0 amide bonds. The van der Waals surface area contributed by atoms with Gasteiger partial charge < -0.3 is 15.2 Å². The fraction of sp³-hybridized carbons (Fsp3) is 0.400. The number of hydrogen-bond acceptors (Lipinski definition) is 3. The van der Waals surface area contributed by atoms with E-state index in [4.69, 9.17) is 4.99 Å². The van der Waals surface area contributed by atoms with E-state index in [0.717, 1.165) is 55.6 Å². The number of benzene rings is 2. The molecule has 31 heavy (non-hydrogen) atoms. The quantitative estimate of drug-likeness (QED) is 0.338. The molecule has 1 aromatic heterocycles. The number of aryl methyl sites for hydroxylation is 3. The summed E-state index contributed by atoms with van der Waals surface area (Å²) in [6.07, 6.45) is 6.71. The van der Waals surface area contributed by atoms with Crippen molar-refractivity contribution >= 4 is 11.6 Å². The molecule has 0 radical (unpaired) electrons. The Morgan fingerprint density at radius 3 is 2.68 bits per heavy atom. The normalized spacial score (nSPS) is 14.0. The largest absolute Gasteiger partial charge is 0.356 e. The van der Waals surface area contributed by atoms with Crippen LogP contribution < -0.4 is 10.6 Å². The summed E-state index contributed by atoms with van der Waals surface area (Å²) in [7, 11) is 0. The minimum absolute atomic E-state index is 0.639. The van der Waals surface area contributed by atoms with Gasteiger partial charge in [-0.05, 0) is 43.9 Å². The molecule has 2 heterocycles. The Balaban J connectivity index is 1.35. The zero-order chi connectivity index (χ0) is 21.3. The first kappa shape index (κ1) is 21.1. The first-order chi connectivity index (χ1) is 15.3. The molecule has 0 saturated carbocycles. The number of hydrogen-bond donors (Lipinski definition) is 2. The highest BCUT2D eigenvalue weighted by molar-refractivity contribution is 5.93. The van der Waals surface area contributed by atoms with E-state index in [9.17, 15) is 0 Å². The summed E-state index contributed by atoms with van der Waals surface area (Å²) in [4.78, 5) is 4.80. The monoisotopic (exact) mass is 416 g/mol. The van der Waals surface area contributed by atoms with Crippen molar-refractivity contribution in [1.82, 2.24) is 20.1 Å². The Bertz CT molecular complexity index is 975. The third-order valence-electron chi connectivity index (χ3n) is 5.63. The molecular formula is C25H32N6. The van der Waals surface area contributed by atoms with Gasteiger partial charge in [-0.25, -0.2) is 4.99 Å². The zero-order valence-electron chi connectivity index (χ0n) is 18.3. The number of anilines is 1. The number of aliphatic imine (C=N–C) groups is 1. The van der Waals surface area contributed by atoms with Gasteiger partial charge >= 0.3 is 0 Å². The lowest BCUT2D eigenvalue weighted by Crippen LogP contribution is -2.32. The standard InChI is InChI=1S/C25H32N6/c1-20-13-15-21(16-14-20)19-27-25(28-22-9-4-2-5-10-22)26-17-8-12-24-30-29-23-11-6-3-7-18-31(23)24/h2,4-5,9-10,13-16H,3,6-8,11-12,17-19H2,1H3,(H2,26,27,28). The SMILES string of the molecule is Cc1ccc(CN=C(NCCCc2nnc3n2CCCCC3)Nc2ccccc2)cc1. The molecule has 2 N–H and O–H groups in total. The number of nitrogens with zero attached hydrogens (tertiary/aromatic N) is 4. The van der Waals surface area contributed by atoms with Gasteiger partial charge in [0.25, 0.3) is 0 Å². The summed E-state index contributed by atoms with van der Waals surface area (Å²) in [5.41, 5.74) is 3.49. The highest BCUT2D eigenvalue weighted by atomic mass is 15.3. The average Bonchev–Trinajstić information content (AvgIpc) is 3.02. The first-order valence-electron chi connectivity index (χ1n) is 11.3. The second kappa shape index (κ2) is 10.8. The fourth-order valence-corrected chi connectivity index (χ4v) is 3.85. The molecule has 6 heteroatoms. The molecule has 6 nitrogen and oxygen atoms in total. The van der Waals surface area contributed by atoms with E-state index < -0.39 is 0 Å². The predicted molar refractivity (Wildman–Crippen MR) is 126 cm³/mol. The number of rotatable bonds is 7. The van der Waals surface area contributed by atoms with E-state index in [-0.39, 0.29) is 0 Å². The summed E-state index contributed by atoms with van der Waals surface area (Å²) < 4.78 is 2.33. The van der Waals surface area contributed by atoms with Crippen LogP contribution in [0.25, 0.3) is 0 Å². The average molecular weight is 417 g/mol. The maximum Gasteiger partial charge on any atom is 0.196 e. The number of para-hydroxylation sites is 1. The molecule has 0 atom stereocenters. The van der Waals surface area contributed by atoms with Crippen molar-refractivity contribution in [2.24, 2.45) is 4.99 Å². The van der Waals surface area contributed by atoms with Gasteiger partial charge in [0.1, 0.15) is 11.6 Å². The molecule has 0 unspecified atom stereocenters. The molecular weight excluding hydrogens is 384 g/mol. The van der Waals surface area contributed by atoms with E-state index in [1.54, 1.807) is 0 Å². The van der Waals surface area contributed by atoms with E-state index >= 15 is 0 Å². The molecule has 0 saturated heterocycles. The smallest absolute Gasteiger partial charge is 0.196 e. The third kappa shape index (κ3) is 6.17. The van der Waals surface area contributed by atoms with Crippen LogP contribution in [0.15, 0.2) is 59.6 Å². The van der Waals surface area contributed by atoms with E-state index in [2.05, 4.69) is 68.7 Å². The highest BCUT2D eigenvalue weighted by Crippen LogP contribution is 2.15. The van der Waals surface area contributed by atoms with Gasteiger partial charge in [-0.15, -0.1) is 10.2 Å². The molecule has 3 aromatic rings. The van der Waals surface area contributed by atoms with Crippen molar-refractivity contribution in [1.29, 1.82) is 0 Å². The van der Waals surface area contributed by atoms with E-state index in [1.807, 2.05) is 18.2 Å². The van der Waals surface area contributed by atoms with Crippen molar-refractivity contribution in [3.63, 3.8) is 0 Å². The zero-order valence-corrected chi connectivity index (χ0v) is 18.3. The lowest BCUT2D eigenvalue weighted by molar-refractivity contribution is 0.594. The Morgan fingerprint density at radius 2 is 1.84 bits per heavy atom. The van der Waals surface area contributed by atoms with Gasteiger partial charge in [0.2, 0.25) is 0 Å². The van der Waals surface area contributed by atoms with Crippen LogP contribution in [0.1, 0.15) is 48.5 Å². The van der Waals surface area contributed by atoms with Gasteiger partial charge in [-0.3, -0.25) is 0 Å². The minimum atomic E-state index is 0.639. The van der Waals surface area contributed by atoms with Crippen molar-refractivity contribution in [3.05, 3.63) is 77.4 Å². The Morgan fingerprint density at radius 1 is 1.00 bits per heavy atom. The van der Waals surface area contributed by atoms with Crippen molar-refractivity contribution in [2.75, 3.05) is 11.9 Å². The molecule has 4 rings (SSSR count). The van der Waals surface area contributed by atoms with Crippen LogP contribution in [0.3, 0.4) is 0 Å². The van der Waals surface area contributed by atoms with Crippen LogP contribution in [-0.4, -0.2) is 27.3 Å². The topological polar surface area (TPSA) is 67.1 Å². The summed E-state index contributed by atoms with van der Waals surface area (Å²) >= 11 is 0. The third-order valence-corrected chi connectivity index (χ3v) is 5.63. The van der Waals surface area contributed by atoms with Gasteiger partial charge in [0, 0.05) is 31.6 Å². The van der Waals surface area contributed by atoms with Crippen LogP contribution in [0.5, 0.6) is 0 Å². The van der Waals surface area contributed by atoms with E-state index in [0.29, 0.717) is 6.54 Å². The summed E-state index contributed by atoms with van der Waals surface area (Å²) in [5, 5.41) is 15.8. The lowest BCUT2D eigenvalue weighted by atomic mass is 10.1. The highest BCUT2D eigenvalue weighted by Gasteiger charge is 2.14. The Hall–Kier alpha value is -3.15. The van der Waals surface area contributed by atoms with Gasteiger partial charge in [-0.2, -0.15) is 0 Å². The maximum absolute atomic E-state index is 4.80. The summed E-state index contributed by atoms with van der Waals surface area (Å²) in [6, 6.07) is 18.7. The molecule has 0 bridgehead atoms. The second-order valence-corrected chi connectivity index (χ2v) is 8.17. The summed E-state index contributed by atoms with van der Waals surface area (Å²) in [5.74, 6) is 3.08. The van der Waals surface area contributed by atoms with Crippen LogP contribution in [-0.2, 0) is 25.9 Å². The predicted octanol–water partition coefficient (Wildman–Crippen LogP) is 4.50. The molecule has 162 valence electrons. The van der Waals surface area contributed by atoms with Gasteiger partial charge in [-0.1, -0.05) is 54.4 Å². The minimum Gasteiger partial charge on any atom is -0.356 e. The lowest BCUT2D eigenvalue weighted by Gasteiger charge is -2.13. The molecule has 0 fully saturated rings. The van der Waals surface area contributed by atoms with Gasteiger partial charge in [0.05, 0.1) is 6.54 Å². The van der Waals surface area contributed by atoms with Crippen molar-refractivity contribution < 1.29 is 0 Å². The maximum atomic E-state index is 4.80. The second-order valence-electron chi connectivity index (χ2n) is 8.17. The number of aromatic nitrogens is 3. The molecule has 0 aliphatic carbocycles. The van der Waals surface area contributed by atoms with Crippen molar-refractivity contribution in [3.8, 4) is 0 Å². The number of nitrogens with one attached hydrogen (secondary N) is 2. The number of guanidine groups is 1. The molecule has 1 aliphatic heterocycles. The first-order valence-corrected chi connectivity index (χ1v) is 11.3.